The van der Waals surface area contributed by atoms with E-state index in [4.69, 9.17) is 26.6 Å². The van der Waals surface area contributed by atoms with Gasteiger partial charge in [-0.2, -0.15) is 28.5 Å². The van der Waals surface area contributed by atoms with Gasteiger partial charge < -0.3 is 10.4 Å². The predicted octanol–water partition coefficient (Wildman–Crippen LogP) is 5.81. The molecule has 2 fully saturated rings. The fraction of sp³-hybridized carbons (Fsp3) is 0.357. The molecule has 0 unspecified atom stereocenters. The van der Waals surface area contributed by atoms with E-state index in [1.165, 1.54) is 12.8 Å². The fourth-order valence-corrected chi connectivity index (χ4v) is 6.26. The summed E-state index contributed by atoms with van der Waals surface area (Å²) in [4.78, 5) is 8.90. The van der Waals surface area contributed by atoms with Crippen LogP contribution in [-0.4, -0.2) is 60.1 Å². The lowest BCUT2D eigenvalue weighted by Crippen LogP contribution is -2.60. The molecule has 1 saturated carbocycles. The average Bonchev–Trinajstić information content (AvgIpc) is 3.56. The minimum atomic E-state index is -5.08. The normalized spacial score (nSPS) is 16.5. The summed E-state index contributed by atoms with van der Waals surface area (Å²) in [6.45, 7) is 6.48. The van der Waals surface area contributed by atoms with Gasteiger partial charge in [0.25, 0.3) is 0 Å². The van der Waals surface area contributed by atoms with E-state index >= 15 is 0 Å². The van der Waals surface area contributed by atoms with E-state index in [9.17, 15) is 13.2 Å². The molecule has 214 valence electrons. The van der Waals surface area contributed by atoms with Crippen LogP contribution in [0.2, 0.25) is 5.02 Å². The second kappa shape index (κ2) is 9.59. The number of aliphatic carboxylic acids is 1. The standard InChI is InChI=1S/C26H26ClN7.C2HF3O2/c1-14-6-20-19(11-29-31-20)23(24(14)27)22-15(2)34(18-8-26(9-18)12-28-13-26)32-25(22)16-4-5-21-17(7-16)10-30-33(21)3;3-2(4,5)1(6)7/h4-7,10-11,18,28H,8-9,12-13H2,1-3H3,(H,29,31);(H,6,7). The van der Waals surface area contributed by atoms with E-state index in [2.05, 4.69) is 56.5 Å². The van der Waals surface area contributed by atoms with Crippen molar-refractivity contribution in [1.29, 1.82) is 0 Å². The fourth-order valence-electron chi connectivity index (χ4n) is 6.01. The summed E-state index contributed by atoms with van der Waals surface area (Å²) in [7, 11) is 1.97. The van der Waals surface area contributed by atoms with Gasteiger partial charge >= 0.3 is 12.1 Å². The van der Waals surface area contributed by atoms with Gasteiger partial charge in [-0.25, -0.2) is 4.79 Å². The number of carboxylic acid groups (broad SMARTS) is 1. The Bertz CT molecular complexity index is 1810. The largest absolute Gasteiger partial charge is 0.490 e. The number of carbonyl (C=O) groups is 1. The Morgan fingerprint density at radius 2 is 1.85 bits per heavy atom. The van der Waals surface area contributed by atoms with E-state index < -0.39 is 12.1 Å². The number of halogens is 4. The van der Waals surface area contributed by atoms with E-state index in [1.807, 2.05) is 31.0 Å². The number of hydrogen-bond donors (Lipinski definition) is 3. The van der Waals surface area contributed by atoms with Gasteiger partial charge in [0.15, 0.2) is 0 Å². The Morgan fingerprint density at radius 3 is 2.49 bits per heavy atom. The summed E-state index contributed by atoms with van der Waals surface area (Å²) in [5.74, 6) is -2.76. The first-order valence-corrected chi connectivity index (χ1v) is 13.4. The molecule has 13 heteroatoms. The smallest absolute Gasteiger partial charge is 0.475 e. The van der Waals surface area contributed by atoms with Gasteiger partial charge in [-0.1, -0.05) is 17.7 Å². The third-order valence-corrected chi connectivity index (χ3v) is 8.70. The number of H-pyrrole nitrogens is 1. The Balaban J connectivity index is 0.000000387. The van der Waals surface area contributed by atoms with Crippen molar-refractivity contribution in [2.75, 3.05) is 13.1 Å². The van der Waals surface area contributed by atoms with Crippen LogP contribution in [-0.2, 0) is 11.8 Å². The van der Waals surface area contributed by atoms with Crippen molar-refractivity contribution in [2.24, 2.45) is 12.5 Å². The molecule has 0 amide bonds. The van der Waals surface area contributed by atoms with Crippen LogP contribution >= 0.6 is 11.6 Å². The van der Waals surface area contributed by atoms with Crippen molar-refractivity contribution >= 4 is 39.4 Å². The number of rotatable bonds is 3. The SMILES string of the molecule is Cc1cc2[nH]ncc2c(-c2c(-c3ccc4c(cnn4C)c3)nn(C3CC4(CNC4)C3)c2C)c1Cl.O=C(O)C(F)(F)F. The molecule has 1 aliphatic heterocycles. The zero-order chi connectivity index (χ0) is 29.3. The van der Waals surface area contributed by atoms with Gasteiger partial charge in [0.2, 0.25) is 0 Å². The molecule has 41 heavy (non-hydrogen) atoms. The molecule has 3 aromatic heterocycles. The van der Waals surface area contributed by atoms with Crippen molar-refractivity contribution < 1.29 is 23.1 Å². The second-order valence-corrected chi connectivity index (χ2v) is 11.4. The van der Waals surface area contributed by atoms with E-state index in [-0.39, 0.29) is 0 Å². The van der Waals surface area contributed by atoms with Crippen molar-refractivity contribution in [3.8, 4) is 22.4 Å². The van der Waals surface area contributed by atoms with E-state index in [0.29, 0.717) is 11.5 Å². The van der Waals surface area contributed by atoms with Gasteiger partial charge in [-0.05, 0) is 55.9 Å². The highest BCUT2D eigenvalue weighted by Gasteiger charge is 2.50. The number of aromatic amines is 1. The maximum atomic E-state index is 10.6. The zero-order valence-corrected chi connectivity index (χ0v) is 23.2. The third-order valence-electron chi connectivity index (χ3n) is 8.21. The molecule has 1 spiro atoms. The van der Waals surface area contributed by atoms with Gasteiger partial charge in [0.1, 0.15) is 5.69 Å². The number of hydrogen-bond acceptors (Lipinski definition) is 5. The molecule has 5 aromatic rings. The second-order valence-electron chi connectivity index (χ2n) is 11.0. The van der Waals surface area contributed by atoms with Crippen LogP contribution in [0.4, 0.5) is 13.2 Å². The van der Waals surface area contributed by atoms with Crippen LogP contribution in [0.1, 0.15) is 30.1 Å². The van der Waals surface area contributed by atoms with Gasteiger partial charge in [0, 0.05) is 53.3 Å². The molecule has 2 aliphatic rings. The Kier molecular flexibility index (Phi) is 6.38. The molecule has 1 aliphatic carbocycles. The summed E-state index contributed by atoms with van der Waals surface area (Å²) in [5.41, 5.74) is 8.88. The topological polar surface area (TPSA) is 114 Å². The highest BCUT2D eigenvalue weighted by atomic mass is 35.5. The van der Waals surface area contributed by atoms with Crippen LogP contribution in [0.3, 0.4) is 0 Å². The van der Waals surface area contributed by atoms with Gasteiger partial charge in [-0.3, -0.25) is 14.5 Å². The van der Waals surface area contributed by atoms with Crippen LogP contribution in [0.25, 0.3) is 44.2 Å². The van der Waals surface area contributed by atoms with Crippen molar-refractivity contribution in [3.63, 3.8) is 0 Å². The molecule has 2 aromatic carbocycles. The first kappa shape index (κ1) is 27.3. The number of aromatic nitrogens is 6. The summed E-state index contributed by atoms with van der Waals surface area (Å²) in [5, 5.41) is 30.6. The summed E-state index contributed by atoms with van der Waals surface area (Å²) in [6.07, 6.45) is 1.05. The number of fused-ring (bicyclic) bond motifs is 2. The molecule has 0 radical (unpaired) electrons. The quantitative estimate of drug-likeness (QED) is 0.246. The Hall–Kier alpha value is -3.90. The lowest BCUT2D eigenvalue weighted by atomic mass is 9.61. The summed E-state index contributed by atoms with van der Waals surface area (Å²) in [6, 6.07) is 8.94. The highest BCUT2D eigenvalue weighted by molar-refractivity contribution is 6.36. The Morgan fingerprint density at radius 1 is 1.15 bits per heavy atom. The summed E-state index contributed by atoms with van der Waals surface area (Å²) < 4.78 is 35.9. The van der Waals surface area contributed by atoms with Crippen molar-refractivity contribution in [3.05, 3.63) is 52.9 Å². The average molecular weight is 586 g/mol. The predicted molar refractivity (Wildman–Crippen MR) is 149 cm³/mol. The molecule has 0 bridgehead atoms. The number of aryl methyl sites for hydroxylation is 2. The lowest BCUT2D eigenvalue weighted by molar-refractivity contribution is -0.192. The van der Waals surface area contributed by atoms with Crippen LogP contribution in [0.15, 0.2) is 36.7 Å². The van der Waals surface area contributed by atoms with E-state index in [1.54, 1.807) is 0 Å². The molecule has 3 N–H and O–H groups in total. The van der Waals surface area contributed by atoms with Crippen LogP contribution < -0.4 is 5.32 Å². The molecule has 7 rings (SSSR count). The van der Waals surface area contributed by atoms with Crippen molar-refractivity contribution in [2.45, 2.75) is 38.9 Å². The number of nitrogens with zero attached hydrogens (tertiary/aromatic N) is 5. The highest BCUT2D eigenvalue weighted by Crippen LogP contribution is 2.53. The maximum Gasteiger partial charge on any atom is 0.490 e. The number of nitrogens with one attached hydrogen (secondary N) is 2. The van der Waals surface area contributed by atoms with E-state index in [0.717, 1.165) is 73.6 Å². The zero-order valence-electron chi connectivity index (χ0n) is 22.5. The van der Waals surface area contributed by atoms with Crippen molar-refractivity contribution in [1.82, 2.24) is 35.1 Å². The minimum Gasteiger partial charge on any atom is -0.475 e. The third kappa shape index (κ3) is 4.55. The molecule has 0 atom stereocenters. The number of alkyl halides is 3. The number of benzene rings is 2. The first-order chi connectivity index (χ1) is 19.4. The number of carboxylic acids is 1. The molecule has 9 nitrogen and oxygen atoms in total. The lowest BCUT2D eigenvalue weighted by Gasteiger charge is -2.54. The molecular weight excluding hydrogens is 559 g/mol. The molecule has 4 heterocycles. The summed E-state index contributed by atoms with van der Waals surface area (Å²) >= 11 is 7.01. The minimum absolute atomic E-state index is 0.417. The Labute approximate surface area is 237 Å². The van der Waals surface area contributed by atoms with Crippen LogP contribution in [0.5, 0.6) is 0 Å². The monoisotopic (exact) mass is 585 g/mol. The maximum absolute atomic E-state index is 10.6. The van der Waals surface area contributed by atoms with Crippen LogP contribution in [0, 0.1) is 19.3 Å². The molecular formula is C28H27ClF3N7O2. The van der Waals surface area contributed by atoms with Gasteiger partial charge in [0.05, 0.1) is 34.5 Å². The first-order valence-electron chi connectivity index (χ1n) is 13.0. The molecule has 1 saturated heterocycles. The van der Waals surface area contributed by atoms with Gasteiger partial charge in [-0.15, -0.1) is 0 Å².